The van der Waals surface area contributed by atoms with E-state index in [-0.39, 0.29) is 0 Å². The first-order valence-corrected chi connectivity index (χ1v) is 5.57. The number of aliphatic hydroxyl groups excluding tert-OH is 1. The minimum atomic E-state index is -0.473. The van der Waals surface area contributed by atoms with E-state index in [9.17, 15) is 5.11 Å². The summed E-state index contributed by atoms with van der Waals surface area (Å²) in [5, 5.41) is 14.6. The highest BCUT2D eigenvalue weighted by molar-refractivity contribution is 6.30. The highest BCUT2D eigenvalue weighted by Crippen LogP contribution is 2.24. The Labute approximate surface area is 99.3 Å². The molecule has 84 valence electrons. The van der Waals surface area contributed by atoms with E-state index >= 15 is 0 Å². The van der Waals surface area contributed by atoms with Gasteiger partial charge >= 0.3 is 0 Å². The van der Waals surface area contributed by atoms with Crippen LogP contribution in [0.5, 0.6) is 0 Å². The molecule has 0 spiro atoms. The molecule has 2 aromatic rings. The second-order valence-electron chi connectivity index (χ2n) is 3.59. The Morgan fingerprint density at radius 2 is 2.19 bits per heavy atom. The number of aromatic nitrogens is 2. The third kappa shape index (κ3) is 2.10. The van der Waals surface area contributed by atoms with Crippen molar-refractivity contribution in [1.82, 2.24) is 9.78 Å². The third-order valence-electron chi connectivity index (χ3n) is 2.48. The number of hydrogen-bond acceptors (Lipinski definition) is 2. The molecule has 0 fully saturated rings. The van der Waals surface area contributed by atoms with Crippen LogP contribution < -0.4 is 0 Å². The largest absolute Gasteiger partial charge is 0.388 e. The summed E-state index contributed by atoms with van der Waals surface area (Å²) in [4.78, 5) is 0. The van der Waals surface area contributed by atoms with Gasteiger partial charge in [0.05, 0.1) is 23.0 Å². The summed E-state index contributed by atoms with van der Waals surface area (Å²) >= 11 is 5.83. The van der Waals surface area contributed by atoms with Gasteiger partial charge < -0.3 is 5.11 Å². The van der Waals surface area contributed by atoms with Crippen LogP contribution in [-0.4, -0.2) is 14.9 Å². The number of hydrogen-bond donors (Lipinski definition) is 1. The molecule has 1 N–H and O–H groups in total. The number of nitrogens with zero attached hydrogens (tertiary/aromatic N) is 2. The van der Waals surface area contributed by atoms with E-state index in [0.29, 0.717) is 11.4 Å². The highest BCUT2D eigenvalue weighted by atomic mass is 35.5. The first kappa shape index (κ1) is 11.2. The maximum absolute atomic E-state index is 9.90. The van der Waals surface area contributed by atoms with Gasteiger partial charge in [0.25, 0.3) is 0 Å². The molecule has 0 saturated carbocycles. The number of halogens is 1. The Morgan fingerprint density at radius 3 is 2.81 bits per heavy atom. The topological polar surface area (TPSA) is 38.0 Å². The van der Waals surface area contributed by atoms with Gasteiger partial charge in [-0.25, -0.2) is 4.68 Å². The molecule has 0 aliphatic rings. The SMILES string of the molecule is CC[C@@H](O)c1ccccc1-n1cc(Cl)cn1. The van der Waals surface area contributed by atoms with Crippen molar-refractivity contribution in [3.63, 3.8) is 0 Å². The van der Waals surface area contributed by atoms with E-state index in [1.54, 1.807) is 17.1 Å². The van der Waals surface area contributed by atoms with Gasteiger partial charge in [0.1, 0.15) is 0 Å². The molecule has 0 saturated heterocycles. The molecule has 16 heavy (non-hydrogen) atoms. The summed E-state index contributed by atoms with van der Waals surface area (Å²) in [7, 11) is 0. The van der Waals surface area contributed by atoms with Crippen LogP contribution in [0, 0.1) is 0 Å². The molecule has 0 radical (unpaired) electrons. The average Bonchev–Trinajstić information content (AvgIpc) is 2.75. The first-order chi connectivity index (χ1) is 7.72. The van der Waals surface area contributed by atoms with Crippen LogP contribution in [0.4, 0.5) is 0 Å². The van der Waals surface area contributed by atoms with Crippen molar-refractivity contribution in [2.75, 3.05) is 0 Å². The fraction of sp³-hybridized carbons (Fsp3) is 0.250. The van der Waals surface area contributed by atoms with Gasteiger partial charge in [0, 0.05) is 11.8 Å². The lowest BCUT2D eigenvalue weighted by Crippen LogP contribution is -2.04. The second kappa shape index (κ2) is 4.68. The molecule has 1 atom stereocenters. The monoisotopic (exact) mass is 236 g/mol. The molecule has 3 nitrogen and oxygen atoms in total. The molecule has 0 amide bonds. The van der Waals surface area contributed by atoms with Gasteiger partial charge in [-0.05, 0) is 12.5 Å². The molecule has 4 heteroatoms. The molecule has 0 aliphatic heterocycles. The summed E-state index contributed by atoms with van der Waals surface area (Å²) in [6.07, 6.45) is 3.50. The summed E-state index contributed by atoms with van der Waals surface area (Å²) in [5.41, 5.74) is 1.73. The Balaban J connectivity index is 2.48. The van der Waals surface area contributed by atoms with Gasteiger partial charge in [0.2, 0.25) is 0 Å². The molecule has 1 aromatic heterocycles. The lowest BCUT2D eigenvalue weighted by molar-refractivity contribution is 0.173. The van der Waals surface area contributed by atoms with Crippen LogP contribution in [0.1, 0.15) is 25.0 Å². The number of para-hydroxylation sites is 1. The van der Waals surface area contributed by atoms with Crippen LogP contribution in [-0.2, 0) is 0 Å². The normalized spacial score (nSPS) is 12.7. The first-order valence-electron chi connectivity index (χ1n) is 5.20. The van der Waals surface area contributed by atoms with Crippen molar-refractivity contribution < 1.29 is 5.11 Å². The van der Waals surface area contributed by atoms with Gasteiger partial charge in [0.15, 0.2) is 0 Å². The lowest BCUT2D eigenvalue weighted by Gasteiger charge is -2.13. The summed E-state index contributed by atoms with van der Waals surface area (Å²) in [6, 6.07) is 7.64. The minimum Gasteiger partial charge on any atom is -0.388 e. The van der Waals surface area contributed by atoms with Crippen LogP contribution in [0.3, 0.4) is 0 Å². The molecular formula is C12H13ClN2O. The van der Waals surface area contributed by atoms with Crippen LogP contribution in [0.25, 0.3) is 5.69 Å². The Hall–Kier alpha value is -1.32. The van der Waals surface area contributed by atoms with E-state index < -0.39 is 6.10 Å². The maximum Gasteiger partial charge on any atom is 0.0808 e. The molecule has 0 bridgehead atoms. The Morgan fingerprint density at radius 1 is 1.44 bits per heavy atom. The molecule has 0 aliphatic carbocycles. The van der Waals surface area contributed by atoms with Crippen molar-refractivity contribution in [1.29, 1.82) is 0 Å². The van der Waals surface area contributed by atoms with Crippen molar-refractivity contribution in [2.45, 2.75) is 19.4 Å². The molecule has 2 rings (SSSR count). The van der Waals surface area contributed by atoms with Gasteiger partial charge in [-0.15, -0.1) is 0 Å². The highest BCUT2D eigenvalue weighted by Gasteiger charge is 2.11. The van der Waals surface area contributed by atoms with Gasteiger partial charge in [-0.1, -0.05) is 36.7 Å². The third-order valence-corrected chi connectivity index (χ3v) is 2.68. The van der Waals surface area contributed by atoms with Gasteiger partial charge in [-0.3, -0.25) is 0 Å². The van der Waals surface area contributed by atoms with Crippen molar-refractivity contribution in [2.24, 2.45) is 0 Å². The fourth-order valence-corrected chi connectivity index (χ4v) is 1.77. The smallest absolute Gasteiger partial charge is 0.0808 e. The zero-order valence-corrected chi connectivity index (χ0v) is 9.72. The molecule has 1 heterocycles. The minimum absolute atomic E-state index is 0.473. The number of benzene rings is 1. The summed E-state index contributed by atoms with van der Waals surface area (Å²) < 4.78 is 1.68. The summed E-state index contributed by atoms with van der Waals surface area (Å²) in [6.45, 7) is 1.94. The predicted octanol–water partition coefficient (Wildman–Crippen LogP) is 2.97. The number of rotatable bonds is 3. The molecule has 0 unspecified atom stereocenters. The standard InChI is InChI=1S/C12H13ClN2O/c1-2-12(16)10-5-3-4-6-11(10)15-8-9(13)7-14-15/h3-8,12,16H,2H2,1H3/t12-/m1/s1. The maximum atomic E-state index is 9.90. The Kier molecular flexibility index (Phi) is 3.27. The molecule has 1 aromatic carbocycles. The zero-order chi connectivity index (χ0) is 11.5. The Bertz CT molecular complexity index is 481. The zero-order valence-electron chi connectivity index (χ0n) is 8.97. The van der Waals surface area contributed by atoms with Crippen LogP contribution >= 0.6 is 11.6 Å². The number of aliphatic hydroxyl groups is 1. The average molecular weight is 237 g/mol. The van der Waals surface area contributed by atoms with Crippen molar-refractivity contribution in [3.8, 4) is 5.69 Å². The van der Waals surface area contributed by atoms with E-state index in [2.05, 4.69) is 5.10 Å². The lowest BCUT2D eigenvalue weighted by atomic mass is 10.1. The van der Waals surface area contributed by atoms with Gasteiger partial charge in [-0.2, -0.15) is 5.10 Å². The van der Waals surface area contributed by atoms with E-state index in [1.165, 1.54) is 0 Å². The van der Waals surface area contributed by atoms with Crippen molar-refractivity contribution in [3.05, 3.63) is 47.2 Å². The van der Waals surface area contributed by atoms with Crippen LogP contribution in [0.15, 0.2) is 36.7 Å². The van der Waals surface area contributed by atoms with Crippen molar-refractivity contribution >= 4 is 11.6 Å². The fourth-order valence-electron chi connectivity index (χ4n) is 1.63. The second-order valence-corrected chi connectivity index (χ2v) is 4.02. The summed E-state index contributed by atoms with van der Waals surface area (Å²) in [5.74, 6) is 0. The van der Waals surface area contributed by atoms with E-state index in [4.69, 9.17) is 11.6 Å². The molecular weight excluding hydrogens is 224 g/mol. The van der Waals surface area contributed by atoms with Crippen LogP contribution in [0.2, 0.25) is 5.02 Å². The predicted molar refractivity (Wildman–Crippen MR) is 63.8 cm³/mol. The van der Waals surface area contributed by atoms with E-state index in [0.717, 1.165) is 11.3 Å². The quantitative estimate of drug-likeness (QED) is 0.890. The van der Waals surface area contributed by atoms with E-state index in [1.807, 2.05) is 31.2 Å².